The van der Waals surface area contributed by atoms with Crippen molar-refractivity contribution in [1.82, 2.24) is 0 Å². The predicted octanol–water partition coefficient (Wildman–Crippen LogP) is 8.21. The van der Waals surface area contributed by atoms with Crippen molar-refractivity contribution in [2.24, 2.45) is 17.3 Å². The van der Waals surface area contributed by atoms with E-state index in [2.05, 4.69) is 51.1 Å². The Bertz CT molecular complexity index is 1420. The molecule has 0 aliphatic heterocycles. The van der Waals surface area contributed by atoms with E-state index in [-0.39, 0.29) is 28.5 Å². The van der Waals surface area contributed by atoms with E-state index in [1.807, 2.05) is 25.1 Å². The predicted molar refractivity (Wildman–Crippen MR) is 148 cm³/mol. The minimum absolute atomic E-state index is 0.156. The molecule has 0 bridgehead atoms. The molecule has 0 saturated heterocycles. The van der Waals surface area contributed by atoms with Crippen LogP contribution in [0.2, 0.25) is 0 Å². The van der Waals surface area contributed by atoms with Crippen LogP contribution in [0.3, 0.4) is 0 Å². The van der Waals surface area contributed by atoms with Gasteiger partial charge in [0.2, 0.25) is 0 Å². The monoisotopic (exact) mass is 512 g/mol. The van der Waals surface area contributed by atoms with E-state index >= 15 is 4.39 Å². The lowest BCUT2D eigenvalue weighted by atomic mass is 9.75. The zero-order valence-electron chi connectivity index (χ0n) is 22.8. The molecule has 4 heteroatoms. The van der Waals surface area contributed by atoms with Gasteiger partial charge in [-0.05, 0) is 102 Å². The molecule has 2 saturated carbocycles. The van der Waals surface area contributed by atoms with Crippen LogP contribution >= 0.6 is 0 Å². The van der Waals surface area contributed by atoms with Crippen molar-refractivity contribution in [3.8, 4) is 16.9 Å². The molecule has 2 fully saturated rings. The maximum atomic E-state index is 15.0. The smallest absolute Gasteiger partial charge is 0.307 e. The number of benzene rings is 3. The van der Waals surface area contributed by atoms with Crippen LogP contribution in [0.5, 0.6) is 5.75 Å². The third-order valence-corrected chi connectivity index (χ3v) is 9.98. The summed E-state index contributed by atoms with van der Waals surface area (Å²) >= 11 is 0. The van der Waals surface area contributed by atoms with Crippen LogP contribution in [0.1, 0.15) is 80.2 Å². The first-order valence-corrected chi connectivity index (χ1v) is 14.0. The molecule has 198 valence electrons. The number of hydrogen-bond acceptors (Lipinski definition) is 2. The van der Waals surface area contributed by atoms with Gasteiger partial charge in [0.15, 0.2) is 0 Å². The van der Waals surface area contributed by atoms with Crippen LogP contribution in [-0.4, -0.2) is 11.1 Å². The van der Waals surface area contributed by atoms with E-state index < -0.39 is 5.97 Å². The van der Waals surface area contributed by atoms with Gasteiger partial charge in [-0.1, -0.05) is 63.1 Å². The first-order valence-electron chi connectivity index (χ1n) is 14.0. The third kappa shape index (κ3) is 3.95. The molecule has 4 atom stereocenters. The van der Waals surface area contributed by atoms with Gasteiger partial charge in [-0.3, -0.25) is 4.79 Å². The molecular weight excluding hydrogens is 475 g/mol. The topological polar surface area (TPSA) is 46.5 Å². The molecule has 3 nitrogen and oxygen atoms in total. The number of carbonyl (C=O) groups is 1. The SMILES string of the molecule is Cc1ccc(F)c(-c2ccc(COc3ccc4c(c3)[C@]3(CC4)[C@@H](C)[C@@H]3C(=O)O)cc2[C@H]2CCCC2(C)C)c1. The average molecular weight is 513 g/mol. The van der Waals surface area contributed by atoms with Gasteiger partial charge in [-0.2, -0.15) is 0 Å². The zero-order valence-corrected chi connectivity index (χ0v) is 22.8. The fourth-order valence-electron chi connectivity index (χ4n) is 7.78. The minimum Gasteiger partial charge on any atom is -0.489 e. The Balaban J connectivity index is 1.30. The fourth-order valence-corrected chi connectivity index (χ4v) is 7.78. The van der Waals surface area contributed by atoms with Crippen LogP contribution in [-0.2, 0) is 23.2 Å². The summed E-state index contributed by atoms with van der Waals surface area (Å²) < 4.78 is 21.3. The lowest BCUT2D eigenvalue weighted by Gasteiger charge is -2.30. The molecular formula is C34H37FO3. The lowest BCUT2D eigenvalue weighted by Crippen LogP contribution is -2.17. The third-order valence-electron chi connectivity index (χ3n) is 9.98. The standard InChI is InChI=1S/C34H37FO3/c1-20-7-12-30(35)27(16-20)25-11-8-22(17-26(25)28-6-5-14-33(28,3)4)19-38-24-10-9-23-13-15-34(29(23)18-24)21(2)31(34)32(36)37/h7-12,16-18,21,28,31H,5-6,13-15,19H2,1-4H3,(H,36,37)/t21-,28+,31+,34-/m0/s1. The summed E-state index contributed by atoms with van der Waals surface area (Å²) in [6.45, 7) is 9.14. The Hall–Kier alpha value is -3.14. The zero-order chi connectivity index (χ0) is 26.8. The Morgan fingerprint density at radius 2 is 1.87 bits per heavy atom. The molecule has 3 aliphatic rings. The van der Waals surface area contributed by atoms with Gasteiger partial charge >= 0.3 is 5.97 Å². The molecule has 38 heavy (non-hydrogen) atoms. The second kappa shape index (κ2) is 8.97. The number of hydrogen-bond donors (Lipinski definition) is 1. The van der Waals surface area contributed by atoms with Crippen LogP contribution in [0, 0.1) is 30.0 Å². The molecule has 1 spiro atoms. The Morgan fingerprint density at radius 1 is 1.05 bits per heavy atom. The van der Waals surface area contributed by atoms with Gasteiger partial charge in [-0.25, -0.2) is 4.39 Å². The van der Waals surface area contributed by atoms with Crippen LogP contribution in [0.25, 0.3) is 11.1 Å². The normalized spacial score (nSPS) is 26.9. The van der Waals surface area contributed by atoms with Crippen molar-refractivity contribution < 1.29 is 19.0 Å². The van der Waals surface area contributed by atoms with E-state index in [1.165, 1.54) is 24.0 Å². The molecule has 3 aromatic rings. The van der Waals surface area contributed by atoms with Gasteiger partial charge < -0.3 is 9.84 Å². The Kier molecular flexibility index (Phi) is 5.93. The number of fused-ring (bicyclic) bond motifs is 2. The summed E-state index contributed by atoms with van der Waals surface area (Å²) in [5.41, 5.74) is 7.32. The van der Waals surface area contributed by atoms with Crippen molar-refractivity contribution in [3.05, 3.63) is 88.2 Å². The quantitative estimate of drug-likeness (QED) is 0.362. The van der Waals surface area contributed by atoms with Gasteiger partial charge in [0.1, 0.15) is 18.2 Å². The highest BCUT2D eigenvalue weighted by Crippen LogP contribution is 2.66. The number of aryl methyl sites for hydroxylation is 2. The highest BCUT2D eigenvalue weighted by Gasteiger charge is 2.68. The summed E-state index contributed by atoms with van der Waals surface area (Å²) in [6, 6.07) is 17.9. The molecule has 0 radical (unpaired) electrons. The van der Waals surface area contributed by atoms with Crippen LogP contribution < -0.4 is 4.74 Å². The maximum absolute atomic E-state index is 15.0. The summed E-state index contributed by atoms with van der Waals surface area (Å²) in [5.74, 6) is 0.127. The van der Waals surface area contributed by atoms with E-state index in [4.69, 9.17) is 4.74 Å². The highest BCUT2D eigenvalue weighted by molar-refractivity contribution is 5.79. The number of rotatable bonds is 6. The summed E-state index contributed by atoms with van der Waals surface area (Å²) in [7, 11) is 0. The molecule has 1 N–H and O–H groups in total. The van der Waals surface area contributed by atoms with Crippen molar-refractivity contribution in [1.29, 1.82) is 0 Å². The van der Waals surface area contributed by atoms with Gasteiger partial charge in [0.05, 0.1) is 5.92 Å². The molecule has 6 rings (SSSR count). The summed E-state index contributed by atoms with van der Waals surface area (Å²) in [6.07, 6.45) is 5.29. The largest absolute Gasteiger partial charge is 0.489 e. The second-order valence-corrected chi connectivity index (χ2v) is 12.6. The molecule has 3 aromatic carbocycles. The Labute approximate surface area is 225 Å². The van der Waals surface area contributed by atoms with E-state index in [0.717, 1.165) is 47.3 Å². The average Bonchev–Trinajstić information content (AvgIpc) is 3.11. The highest BCUT2D eigenvalue weighted by atomic mass is 19.1. The van der Waals surface area contributed by atoms with Crippen LogP contribution in [0.4, 0.5) is 4.39 Å². The van der Waals surface area contributed by atoms with Crippen molar-refractivity contribution in [2.75, 3.05) is 0 Å². The van der Waals surface area contributed by atoms with Gasteiger partial charge in [0, 0.05) is 11.0 Å². The second-order valence-electron chi connectivity index (χ2n) is 12.6. The van der Waals surface area contributed by atoms with Crippen molar-refractivity contribution in [3.63, 3.8) is 0 Å². The van der Waals surface area contributed by atoms with E-state index in [9.17, 15) is 9.90 Å². The number of ether oxygens (including phenoxy) is 1. The Morgan fingerprint density at radius 3 is 2.58 bits per heavy atom. The van der Waals surface area contributed by atoms with E-state index in [1.54, 1.807) is 6.07 Å². The van der Waals surface area contributed by atoms with Crippen molar-refractivity contribution >= 4 is 5.97 Å². The number of aliphatic carboxylic acids is 1. The fraction of sp³-hybridized carbons (Fsp3) is 0.441. The summed E-state index contributed by atoms with van der Waals surface area (Å²) in [4.78, 5) is 11.8. The maximum Gasteiger partial charge on any atom is 0.307 e. The van der Waals surface area contributed by atoms with Crippen LogP contribution in [0.15, 0.2) is 54.6 Å². The first kappa shape index (κ1) is 25.2. The summed E-state index contributed by atoms with van der Waals surface area (Å²) in [5, 5.41) is 9.73. The molecule has 3 aliphatic carbocycles. The molecule has 0 heterocycles. The van der Waals surface area contributed by atoms with Gasteiger partial charge in [0.25, 0.3) is 0 Å². The van der Waals surface area contributed by atoms with Gasteiger partial charge in [-0.15, -0.1) is 0 Å². The lowest BCUT2D eigenvalue weighted by molar-refractivity contribution is -0.139. The number of carboxylic acids is 1. The number of halogens is 1. The minimum atomic E-state index is -0.691. The van der Waals surface area contributed by atoms with Crippen molar-refractivity contribution in [2.45, 2.75) is 77.7 Å². The molecule has 0 aromatic heterocycles. The number of carboxylic acid groups (broad SMARTS) is 1. The molecule has 0 unspecified atom stereocenters. The first-order chi connectivity index (χ1) is 18.1. The van der Waals surface area contributed by atoms with E-state index in [0.29, 0.717) is 18.1 Å². The molecule has 0 amide bonds.